The number of imidazole rings is 1. The van der Waals surface area contributed by atoms with Crippen LogP contribution in [0.15, 0.2) is 12.7 Å². The number of anilines is 1. The average molecular weight is 1110 g/mol. The van der Waals surface area contributed by atoms with Crippen LogP contribution in [0.3, 0.4) is 0 Å². The molecule has 29 heteroatoms. The number of phosphoric acid groups is 3. The van der Waals surface area contributed by atoms with Crippen molar-refractivity contribution in [3.05, 3.63) is 12.7 Å². The third kappa shape index (κ3) is 24.0. The van der Waals surface area contributed by atoms with Gasteiger partial charge in [-0.05, 0) is 6.42 Å². The monoisotopic (exact) mass is 1110 g/mol. The Bertz CT molecular complexity index is 2100. The Morgan fingerprint density at radius 1 is 0.819 bits per heavy atom. The van der Waals surface area contributed by atoms with Crippen LogP contribution in [0.25, 0.3) is 11.2 Å². The van der Waals surface area contributed by atoms with Crippen LogP contribution in [0.4, 0.5) is 5.82 Å². The fourth-order valence-electron chi connectivity index (χ4n) is 7.74. The molecule has 3 rings (SSSR count). The second kappa shape index (κ2) is 32.2. The van der Waals surface area contributed by atoms with Crippen molar-refractivity contribution in [2.45, 2.75) is 186 Å². The van der Waals surface area contributed by atoms with E-state index in [0.717, 1.165) is 54.7 Å². The quantitative estimate of drug-likeness (QED) is 0.0293. The lowest BCUT2D eigenvalue weighted by Crippen LogP contribution is -2.46. The summed E-state index contributed by atoms with van der Waals surface area (Å²) in [5.41, 5.74) is 4.26. The van der Waals surface area contributed by atoms with E-state index < -0.39 is 90.7 Å². The Morgan fingerprint density at radius 3 is 1.94 bits per heavy atom. The Hall–Kier alpha value is -2.48. The van der Waals surface area contributed by atoms with E-state index >= 15 is 0 Å². The number of aliphatic hydroxyl groups excluding tert-OH is 3. The fraction of sp³-hybridized carbons (Fsp3) is 0.814. The molecule has 0 saturated carbocycles. The lowest BCUT2D eigenvalue weighted by molar-refractivity contribution is -0.137. The number of thioether (sulfide) groups is 1. The number of nitrogens with one attached hydrogen (secondary N) is 2. The summed E-state index contributed by atoms with van der Waals surface area (Å²) in [5.74, 6) is -1.28. The summed E-state index contributed by atoms with van der Waals surface area (Å²) in [6.07, 6.45) is 14.9. The Balaban J connectivity index is 1.26. The number of hydrogen-bond donors (Lipinski definition) is 10. The van der Waals surface area contributed by atoms with Crippen LogP contribution in [-0.2, 0) is 50.7 Å². The van der Waals surface area contributed by atoms with E-state index in [0.29, 0.717) is 6.42 Å². The highest BCUT2D eigenvalue weighted by atomic mass is 32.2. The number of rotatable bonds is 39. The predicted octanol–water partition coefficient (Wildman–Crippen LogP) is 5.46. The van der Waals surface area contributed by atoms with Crippen molar-refractivity contribution in [2.24, 2.45) is 5.41 Å². The van der Waals surface area contributed by atoms with Gasteiger partial charge in [0.15, 0.2) is 17.7 Å². The lowest BCUT2D eigenvalue weighted by Gasteiger charge is -2.30. The van der Waals surface area contributed by atoms with E-state index in [4.69, 9.17) is 19.5 Å². The number of hydrogen-bond acceptors (Lipinski definition) is 19. The van der Waals surface area contributed by atoms with Gasteiger partial charge in [0.1, 0.15) is 42.4 Å². The molecule has 1 fully saturated rings. The maximum Gasteiger partial charge on any atom is 0.481 e. The number of nitrogens with zero attached hydrogens (tertiary/aromatic N) is 4. The van der Waals surface area contributed by atoms with Crippen molar-refractivity contribution in [1.29, 1.82) is 0 Å². The molecule has 0 radical (unpaired) electrons. The second-order valence-electron chi connectivity index (χ2n) is 18.6. The molecule has 2 amide bonds. The molecule has 2 aromatic rings. The summed E-state index contributed by atoms with van der Waals surface area (Å²) in [6, 6.07) is 0. The molecule has 414 valence electrons. The first-order valence-electron chi connectivity index (χ1n) is 24.7. The van der Waals surface area contributed by atoms with Gasteiger partial charge in [0.05, 0.1) is 19.5 Å². The summed E-state index contributed by atoms with van der Waals surface area (Å²) in [5, 5.41) is 36.5. The third-order valence-electron chi connectivity index (χ3n) is 11.8. The van der Waals surface area contributed by atoms with Gasteiger partial charge in [0.2, 0.25) is 16.9 Å². The molecular weight excluding hydrogens is 1030 g/mol. The highest BCUT2D eigenvalue weighted by Crippen LogP contribution is 2.61. The highest BCUT2D eigenvalue weighted by Gasteiger charge is 2.50. The van der Waals surface area contributed by atoms with Crippen LogP contribution in [-0.4, -0.2) is 134 Å². The van der Waals surface area contributed by atoms with Gasteiger partial charge < -0.3 is 56.0 Å². The van der Waals surface area contributed by atoms with Crippen molar-refractivity contribution in [1.82, 2.24) is 30.2 Å². The maximum atomic E-state index is 12.8. The van der Waals surface area contributed by atoms with Crippen molar-refractivity contribution in [2.75, 3.05) is 37.8 Å². The molecule has 2 aromatic heterocycles. The van der Waals surface area contributed by atoms with E-state index in [1.165, 1.54) is 104 Å². The Kier molecular flexibility index (Phi) is 28.5. The first-order chi connectivity index (χ1) is 34.0. The SMILES string of the molecule is CCCCCCCCCCCCCCCCCCCCC(O)C(=O)SCCNC(=O)CCNC(=O)[C@H](O)C(C)(C)COP(=O)(O)OP(=O)(O)OC[C@H]1O[C@@H](n2cnc3c(N)ncnc32)[C@H](O)[C@@H]1OP(=O)(O)O. The van der Waals surface area contributed by atoms with E-state index in [9.17, 15) is 63.0 Å². The molecule has 1 saturated heterocycles. The minimum absolute atomic E-state index is 0.0283. The van der Waals surface area contributed by atoms with Crippen molar-refractivity contribution < 1.29 is 85.6 Å². The zero-order valence-electron chi connectivity index (χ0n) is 41.5. The van der Waals surface area contributed by atoms with Crippen molar-refractivity contribution in [3.8, 4) is 0 Å². The number of phosphoric ester groups is 3. The summed E-state index contributed by atoms with van der Waals surface area (Å²) >= 11 is 0.918. The molecule has 8 atom stereocenters. The van der Waals surface area contributed by atoms with Crippen molar-refractivity contribution >= 4 is 69.1 Å². The fourth-order valence-corrected chi connectivity index (χ4v) is 11.3. The van der Waals surface area contributed by atoms with Crippen LogP contribution in [0.2, 0.25) is 0 Å². The van der Waals surface area contributed by atoms with Gasteiger partial charge in [0.25, 0.3) is 0 Å². The topological polar surface area (TPSA) is 384 Å². The summed E-state index contributed by atoms with van der Waals surface area (Å²) in [6.45, 7) is 2.61. The number of ether oxygens (including phenoxy) is 1. The molecule has 0 bridgehead atoms. The number of aliphatic hydroxyl groups is 3. The lowest BCUT2D eigenvalue weighted by atomic mass is 9.87. The number of amides is 2. The van der Waals surface area contributed by atoms with E-state index in [1.54, 1.807) is 0 Å². The predicted molar refractivity (Wildman–Crippen MR) is 267 cm³/mol. The van der Waals surface area contributed by atoms with E-state index in [2.05, 4.69) is 41.3 Å². The molecule has 3 unspecified atom stereocenters. The van der Waals surface area contributed by atoms with Gasteiger partial charge in [-0.3, -0.25) is 32.5 Å². The number of carbonyl (C=O) groups excluding carboxylic acids is 3. The molecule has 0 aliphatic carbocycles. The van der Waals surface area contributed by atoms with E-state index in [1.807, 2.05) is 0 Å². The zero-order valence-corrected chi connectivity index (χ0v) is 45.0. The van der Waals surface area contributed by atoms with Gasteiger partial charge in [0, 0.05) is 30.7 Å². The Morgan fingerprint density at radius 2 is 1.38 bits per heavy atom. The van der Waals surface area contributed by atoms with Gasteiger partial charge in [-0.2, -0.15) is 4.31 Å². The van der Waals surface area contributed by atoms with Gasteiger partial charge in [-0.25, -0.2) is 28.6 Å². The maximum absolute atomic E-state index is 12.8. The van der Waals surface area contributed by atoms with Crippen LogP contribution < -0.4 is 16.4 Å². The Labute approximate surface area is 425 Å². The summed E-state index contributed by atoms with van der Waals surface area (Å²) in [7, 11) is -16.4. The third-order valence-corrected chi connectivity index (χ3v) is 15.9. The zero-order chi connectivity index (χ0) is 53.4. The average Bonchev–Trinajstić information content (AvgIpc) is 3.87. The summed E-state index contributed by atoms with van der Waals surface area (Å²) in [4.78, 5) is 88.6. The number of nitrogen functional groups attached to an aromatic ring is 1. The summed E-state index contributed by atoms with van der Waals surface area (Å²) < 4.78 is 62.5. The molecule has 0 aromatic carbocycles. The normalized spacial score (nSPS) is 20.0. The molecule has 3 heterocycles. The van der Waals surface area contributed by atoms with Crippen LogP contribution in [0.5, 0.6) is 0 Å². The number of nitrogens with two attached hydrogens (primary N) is 1. The van der Waals surface area contributed by atoms with Gasteiger partial charge in [-0.1, -0.05) is 148 Å². The highest BCUT2D eigenvalue weighted by molar-refractivity contribution is 8.13. The number of unbranched alkanes of at least 4 members (excludes halogenated alkanes) is 17. The largest absolute Gasteiger partial charge is 0.481 e. The van der Waals surface area contributed by atoms with Crippen LogP contribution in [0.1, 0.15) is 155 Å². The van der Waals surface area contributed by atoms with Gasteiger partial charge in [-0.15, -0.1) is 0 Å². The smallest absolute Gasteiger partial charge is 0.386 e. The number of aromatic nitrogens is 4. The second-order valence-corrected chi connectivity index (χ2v) is 23.9. The van der Waals surface area contributed by atoms with Crippen LogP contribution in [0, 0.1) is 5.41 Å². The van der Waals surface area contributed by atoms with E-state index in [-0.39, 0.29) is 47.4 Å². The van der Waals surface area contributed by atoms with Gasteiger partial charge >= 0.3 is 23.5 Å². The standard InChI is InChI=1S/C43H78N7O18P3S/c1-4-5-6-7-8-9-10-11-12-13-14-15-16-17-18-19-20-21-22-31(51)42(56)72-26-25-45-33(52)23-24-46-40(55)37(54)43(2,3)28-65-71(62,63)68-70(60,61)64-27-32-36(67-69(57,58)59)35(53)41(66-32)50-30-49-34-38(44)47-29-48-39(34)50/h29-32,35-37,41,51,53-54H,4-28H2,1-3H3,(H,45,52)(H,46,55)(H,60,61)(H,62,63)(H2,44,47,48)(H2,57,58,59)/t31?,32-,35-,36-,37+,41-/m1/s1. The molecule has 25 nitrogen and oxygen atoms in total. The number of fused-ring (bicyclic) bond motifs is 1. The molecule has 11 N–H and O–H groups in total. The van der Waals surface area contributed by atoms with Crippen molar-refractivity contribution in [3.63, 3.8) is 0 Å². The first kappa shape index (κ1) is 63.8. The molecule has 72 heavy (non-hydrogen) atoms. The molecular formula is C43H78N7O18P3S. The molecule has 0 spiro atoms. The van der Waals surface area contributed by atoms with Crippen LogP contribution >= 0.6 is 35.2 Å². The minimum Gasteiger partial charge on any atom is -0.386 e. The molecule has 1 aliphatic heterocycles. The number of carbonyl (C=O) groups is 3. The minimum atomic E-state index is -5.59. The molecule has 1 aliphatic rings. The first-order valence-corrected chi connectivity index (χ1v) is 30.2.